The molecule has 0 spiro atoms. The van der Waals surface area contributed by atoms with E-state index < -0.39 is 0 Å². The fraction of sp³-hybridized carbons (Fsp3) is 0.462. The Morgan fingerprint density at radius 1 is 1.29 bits per heavy atom. The predicted molar refractivity (Wildman–Crippen MR) is 69.2 cm³/mol. The zero-order valence-electron chi connectivity index (χ0n) is 9.69. The van der Waals surface area contributed by atoms with Crippen LogP contribution in [0.5, 0.6) is 0 Å². The first-order valence-corrected chi connectivity index (χ1v) is 6.49. The van der Waals surface area contributed by atoms with Crippen molar-refractivity contribution >= 4 is 17.1 Å². The molecular weight excluding hydrogens is 234 g/mol. The van der Waals surface area contributed by atoms with Gasteiger partial charge in [-0.3, -0.25) is 0 Å². The fourth-order valence-electron chi connectivity index (χ4n) is 2.76. The highest BCUT2D eigenvalue weighted by atomic mass is 35.5. The third kappa shape index (κ3) is 1.74. The van der Waals surface area contributed by atoms with Crippen LogP contribution in [0.1, 0.15) is 37.9 Å². The molecule has 1 aliphatic carbocycles. The van der Waals surface area contributed by atoms with Crippen LogP contribution in [0.4, 0.5) is 0 Å². The molecule has 0 aromatic carbocycles. The van der Waals surface area contributed by atoms with Gasteiger partial charge in [0.15, 0.2) is 0 Å². The molecule has 17 heavy (non-hydrogen) atoms. The van der Waals surface area contributed by atoms with Crippen molar-refractivity contribution in [2.45, 2.75) is 37.6 Å². The quantitative estimate of drug-likeness (QED) is 0.844. The van der Waals surface area contributed by atoms with Gasteiger partial charge in [-0.1, -0.05) is 30.9 Å². The van der Waals surface area contributed by atoms with Gasteiger partial charge in [0.05, 0.1) is 22.3 Å². The lowest BCUT2D eigenvalue weighted by atomic mass is 9.82. The number of rotatable bonds is 1. The minimum absolute atomic E-state index is 0.282. The molecule has 0 unspecified atom stereocenters. The van der Waals surface area contributed by atoms with Crippen molar-refractivity contribution in [2.75, 3.05) is 0 Å². The van der Waals surface area contributed by atoms with Gasteiger partial charge in [0.25, 0.3) is 0 Å². The molecule has 0 radical (unpaired) electrons. The summed E-state index contributed by atoms with van der Waals surface area (Å²) in [7, 11) is 0. The largest absolute Gasteiger partial charge is 0.319 e. The SMILES string of the molecule is NC1(c2ncc3c(Cl)cccn23)CCCCC1. The van der Waals surface area contributed by atoms with Gasteiger partial charge in [-0.05, 0) is 25.0 Å². The van der Waals surface area contributed by atoms with E-state index >= 15 is 0 Å². The van der Waals surface area contributed by atoms with Crippen LogP contribution in [0.25, 0.3) is 5.52 Å². The zero-order valence-corrected chi connectivity index (χ0v) is 10.5. The third-order valence-corrected chi connectivity index (χ3v) is 4.03. The first-order chi connectivity index (χ1) is 8.21. The number of fused-ring (bicyclic) bond motifs is 1. The highest BCUT2D eigenvalue weighted by Gasteiger charge is 2.33. The van der Waals surface area contributed by atoms with E-state index in [9.17, 15) is 0 Å². The van der Waals surface area contributed by atoms with Gasteiger partial charge >= 0.3 is 0 Å². The van der Waals surface area contributed by atoms with Gasteiger partial charge < -0.3 is 10.1 Å². The molecule has 4 heteroatoms. The smallest absolute Gasteiger partial charge is 0.133 e. The second-order valence-corrected chi connectivity index (χ2v) is 5.32. The van der Waals surface area contributed by atoms with Crippen LogP contribution in [0.3, 0.4) is 0 Å². The van der Waals surface area contributed by atoms with Crippen molar-refractivity contribution in [1.29, 1.82) is 0 Å². The Labute approximate surface area is 106 Å². The summed E-state index contributed by atoms with van der Waals surface area (Å²) in [6.07, 6.45) is 9.49. The van der Waals surface area contributed by atoms with Crippen LogP contribution >= 0.6 is 11.6 Å². The molecule has 1 aliphatic rings. The van der Waals surface area contributed by atoms with Gasteiger partial charge in [-0.2, -0.15) is 0 Å². The fourth-order valence-corrected chi connectivity index (χ4v) is 2.97. The topological polar surface area (TPSA) is 43.3 Å². The molecule has 1 fully saturated rings. The molecule has 90 valence electrons. The second-order valence-electron chi connectivity index (χ2n) is 4.91. The van der Waals surface area contributed by atoms with Gasteiger partial charge in [0.1, 0.15) is 5.82 Å². The van der Waals surface area contributed by atoms with Crippen molar-refractivity contribution < 1.29 is 0 Å². The molecule has 0 amide bonds. The Balaban J connectivity index is 2.14. The summed E-state index contributed by atoms with van der Waals surface area (Å²) in [5.74, 6) is 0.953. The Kier molecular flexibility index (Phi) is 2.60. The summed E-state index contributed by atoms with van der Waals surface area (Å²) in [6, 6.07) is 3.82. The van der Waals surface area contributed by atoms with E-state index in [0.29, 0.717) is 0 Å². The van der Waals surface area contributed by atoms with Gasteiger partial charge in [-0.25, -0.2) is 4.98 Å². The summed E-state index contributed by atoms with van der Waals surface area (Å²) in [5.41, 5.74) is 7.18. The van der Waals surface area contributed by atoms with E-state index in [0.717, 1.165) is 29.2 Å². The number of pyridine rings is 1. The monoisotopic (exact) mass is 249 g/mol. The summed E-state index contributed by atoms with van der Waals surface area (Å²) in [5, 5.41) is 0.727. The molecule has 1 saturated carbocycles. The minimum Gasteiger partial charge on any atom is -0.319 e. The maximum Gasteiger partial charge on any atom is 0.133 e. The maximum absolute atomic E-state index is 6.51. The van der Waals surface area contributed by atoms with Crippen LogP contribution in [-0.2, 0) is 5.54 Å². The molecule has 3 rings (SSSR count). The van der Waals surface area contributed by atoms with Crippen molar-refractivity contribution in [2.24, 2.45) is 5.73 Å². The van der Waals surface area contributed by atoms with Crippen LogP contribution < -0.4 is 5.73 Å². The van der Waals surface area contributed by atoms with Gasteiger partial charge in [0.2, 0.25) is 0 Å². The molecule has 2 aromatic heterocycles. The molecule has 2 aromatic rings. The standard InChI is InChI=1S/C13H16ClN3/c14-10-5-4-8-17-11(10)9-16-12(17)13(15)6-2-1-3-7-13/h4-5,8-9H,1-3,6-7,15H2. The summed E-state index contributed by atoms with van der Waals surface area (Å²) < 4.78 is 2.04. The Hall–Kier alpha value is -1.06. The average Bonchev–Trinajstić information content (AvgIpc) is 2.76. The maximum atomic E-state index is 6.51. The average molecular weight is 250 g/mol. The molecule has 0 saturated heterocycles. The molecule has 0 atom stereocenters. The number of aromatic nitrogens is 2. The van der Waals surface area contributed by atoms with Gasteiger partial charge in [-0.15, -0.1) is 0 Å². The minimum atomic E-state index is -0.282. The number of hydrogen-bond acceptors (Lipinski definition) is 2. The number of imidazole rings is 1. The summed E-state index contributed by atoms with van der Waals surface area (Å²) in [6.45, 7) is 0. The Morgan fingerprint density at radius 2 is 2.06 bits per heavy atom. The third-order valence-electron chi connectivity index (χ3n) is 3.71. The molecule has 0 bridgehead atoms. The molecule has 3 nitrogen and oxygen atoms in total. The van der Waals surface area contributed by atoms with Crippen molar-refractivity contribution in [3.63, 3.8) is 0 Å². The number of nitrogens with two attached hydrogens (primary N) is 1. The van der Waals surface area contributed by atoms with E-state index in [-0.39, 0.29) is 5.54 Å². The molecule has 2 N–H and O–H groups in total. The van der Waals surface area contributed by atoms with Crippen LogP contribution in [-0.4, -0.2) is 9.38 Å². The van der Waals surface area contributed by atoms with E-state index in [1.165, 1.54) is 19.3 Å². The Morgan fingerprint density at radius 3 is 2.82 bits per heavy atom. The molecule has 0 aliphatic heterocycles. The zero-order chi connectivity index (χ0) is 11.9. The van der Waals surface area contributed by atoms with E-state index in [1.54, 1.807) is 0 Å². The van der Waals surface area contributed by atoms with Crippen LogP contribution in [0, 0.1) is 0 Å². The van der Waals surface area contributed by atoms with Crippen molar-refractivity contribution in [1.82, 2.24) is 9.38 Å². The normalized spacial score (nSPS) is 19.6. The van der Waals surface area contributed by atoms with E-state index in [1.807, 2.05) is 28.9 Å². The highest BCUT2D eigenvalue weighted by Crippen LogP contribution is 2.34. The highest BCUT2D eigenvalue weighted by molar-refractivity contribution is 6.33. The second kappa shape index (κ2) is 4.00. The van der Waals surface area contributed by atoms with E-state index in [4.69, 9.17) is 17.3 Å². The Bertz CT molecular complexity index is 541. The first-order valence-electron chi connectivity index (χ1n) is 6.12. The van der Waals surface area contributed by atoms with Gasteiger partial charge in [0, 0.05) is 6.20 Å². The van der Waals surface area contributed by atoms with Crippen molar-refractivity contribution in [3.8, 4) is 0 Å². The lowest BCUT2D eigenvalue weighted by molar-refractivity contribution is 0.286. The molecule has 2 heterocycles. The van der Waals surface area contributed by atoms with Crippen LogP contribution in [0.15, 0.2) is 24.5 Å². The van der Waals surface area contributed by atoms with Crippen LogP contribution in [0.2, 0.25) is 5.02 Å². The van der Waals surface area contributed by atoms with E-state index in [2.05, 4.69) is 4.98 Å². The lowest BCUT2D eigenvalue weighted by Crippen LogP contribution is -2.40. The number of nitrogens with zero attached hydrogens (tertiary/aromatic N) is 2. The summed E-state index contributed by atoms with van der Waals surface area (Å²) >= 11 is 6.15. The first kappa shape index (κ1) is 11.1. The summed E-state index contributed by atoms with van der Waals surface area (Å²) in [4.78, 5) is 4.51. The predicted octanol–water partition coefficient (Wildman–Crippen LogP) is 3.11. The number of hydrogen-bond donors (Lipinski definition) is 1. The molecular formula is C13H16ClN3. The van der Waals surface area contributed by atoms with Crippen molar-refractivity contribution in [3.05, 3.63) is 35.4 Å². The lowest BCUT2D eigenvalue weighted by Gasteiger charge is -2.32. The number of halogens is 1.